The van der Waals surface area contributed by atoms with Crippen molar-refractivity contribution < 1.29 is 24.6 Å². The molecule has 4 aliphatic carbocycles. The summed E-state index contributed by atoms with van der Waals surface area (Å²) in [6, 6.07) is 0. The average molecular weight is 485 g/mol. The second kappa shape index (κ2) is 9.97. The van der Waals surface area contributed by atoms with Crippen LogP contribution in [0, 0.1) is 40.9 Å². The highest BCUT2D eigenvalue weighted by atomic mass is 16.6. The van der Waals surface area contributed by atoms with Crippen molar-refractivity contribution in [1.82, 2.24) is 5.32 Å². The number of rotatable bonds is 8. The Kier molecular flexibility index (Phi) is 7.33. The molecule has 1 amide bonds. The highest BCUT2D eigenvalue weighted by Gasteiger charge is 2.63. The number of allylic oxidation sites excluding steroid dienone is 2. The van der Waals surface area contributed by atoms with Gasteiger partial charge in [0.1, 0.15) is 5.60 Å². The van der Waals surface area contributed by atoms with Gasteiger partial charge < -0.3 is 20.4 Å². The van der Waals surface area contributed by atoms with Gasteiger partial charge in [0.2, 0.25) is 0 Å². The van der Waals surface area contributed by atoms with Crippen LogP contribution in [0.4, 0.5) is 0 Å². The van der Waals surface area contributed by atoms with Gasteiger partial charge in [-0.1, -0.05) is 30.5 Å². The largest absolute Gasteiger partial charge is 0.481 e. The molecule has 0 spiro atoms. The summed E-state index contributed by atoms with van der Waals surface area (Å²) in [5.74, 6) is 3.39. The van der Waals surface area contributed by atoms with E-state index in [1.54, 1.807) is 0 Å². The number of amides is 1. The molecule has 0 saturated heterocycles. The third kappa shape index (κ3) is 4.74. The number of terminal acetylenes is 1. The molecule has 4 rings (SSSR count). The lowest BCUT2D eigenvalue weighted by Gasteiger charge is -2.58. The smallest absolute Gasteiger partial charge is 0.303 e. The Bertz CT molecular complexity index is 951. The number of oxime groups is 1. The van der Waals surface area contributed by atoms with Crippen LogP contribution in [-0.2, 0) is 14.4 Å². The number of fused-ring (bicyclic) bond motifs is 5. The van der Waals surface area contributed by atoms with Crippen molar-refractivity contribution in [1.29, 1.82) is 0 Å². The van der Waals surface area contributed by atoms with Gasteiger partial charge in [-0.3, -0.25) is 9.59 Å². The summed E-state index contributed by atoms with van der Waals surface area (Å²) in [6.45, 7) is 4.95. The number of hydrogen-bond acceptors (Lipinski definition) is 5. The van der Waals surface area contributed by atoms with Gasteiger partial charge in [-0.2, -0.15) is 0 Å². The Morgan fingerprint density at radius 3 is 2.69 bits per heavy atom. The summed E-state index contributed by atoms with van der Waals surface area (Å²) in [7, 11) is 0. The molecule has 0 aromatic carbocycles. The Balaban J connectivity index is 1.33. The van der Waals surface area contributed by atoms with Crippen molar-refractivity contribution >= 4 is 17.6 Å². The minimum absolute atomic E-state index is 0.113. The van der Waals surface area contributed by atoms with Crippen LogP contribution in [-0.4, -0.2) is 46.6 Å². The summed E-state index contributed by atoms with van der Waals surface area (Å²) in [6.07, 6.45) is 17.1. The standard InChI is InChI=1S/C28H40N2O5/c1-4-28(34)15-12-23-21-9-8-19-17-20(10-13-26(19,2)22(21)11-14-27(23,28)3)30-35-18-24(31)29-16-6-5-7-25(32)33/h1,17,21-23,34H,5-16,18H2,2-3H3,(H,29,31)(H,32,33). The SMILES string of the molecule is C#CC1(O)CCC2C3CCC4=CC(=NOCC(=O)NCCCCC(=O)O)CCC4(C)C3CCC21C. The molecule has 3 N–H and O–H groups in total. The number of nitrogens with zero attached hydrogens (tertiary/aromatic N) is 1. The van der Waals surface area contributed by atoms with Gasteiger partial charge in [-0.25, -0.2) is 0 Å². The second-order valence-corrected chi connectivity index (χ2v) is 11.6. The first-order valence-electron chi connectivity index (χ1n) is 13.2. The lowest BCUT2D eigenvalue weighted by Crippen LogP contribution is -2.54. The highest BCUT2D eigenvalue weighted by molar-refractivity contribution is 5.96. The Hall–Kier alpha value is -2.33. The van der Waals surface area contributed by atoms with E-state index in [0.717, 1.165) is 57.1 Å². The highest BCUT2D eigenvalue weighted by Crippen LogP contribution is 2.67. The first-order valence-corrected chi connectivity index (χ1v) is 13.2. The number of carboxylic acids is 1. The molecular formula is C28H40N2O5. The molecule has 6 unspecified atom stereocenters. The monoisotopic (exact) mass is 484 g/mol. The topological polar surface area (TPSA) is 108 Å². The first kappa shape index (κ1) is 25.8. The number of carboxylic acid groups (broad SMARTS) is 1. The van der Waals surface area contributed by atoms with Crippen molar-refractivity contribution in [2.75, 3.05) is 13.2 Å². The van der Waals surface area contributed by atoms with E-state index in [1.165, 1.54) is 5.57 Å². The van der Waals surface area contributed by atoms with E-state index < -0.39 is 11.6 Å². The first-order chi connectivity index (χ1) is 16.6. The number of carbonyl (C=O) groups excluding carboxylic acids is 1. The summed E-state index contributed by atoms with van der Waals surface area (Å²) in [4.78, 5) is 27.8. The molecule has 0 radical (unpaired) electrons. The molecule has 7 nitrogen and oxygen atoms in total. The van der Waals surface area contributed by atoms with Crippen LogP contribution in [0.5, 0.6) is 0 Å². The predicted molar refractivity (Wildman–Crippen MR) is 133 cm³/mol. The Morgan fingerprint density at radius 2 is 1.94 bits per heavy atom. The second-order valence-electron chi connectivity index (χ2n) is 11.6. The summed E-state index contributed by atoms with van der Waals surface area (Å²) >= 11 is 0. The molecule has 192 valence electrons. The zero-order valence-corrected chi connectivity index (χ0v) is 21.1. The Labute approximate surface area is 208 Å². The van der Waals surface area contributed by atoms with Gasteiger partial charge in [0.05, 0.1) is 5.71 Å². The fraction of sp³-hybridized carbons (Fsp3) is 0.750. The molecule has 3 fully saturated rings. The van der Waals surface area contributed by atoms with Crippen molar-refractivity contribution in [2.24, 2.45) is 33.7 Å². The van der Waals surface area contributed by atoms with E-state index in [9.17, 15) is 14.7 Å². The van der Waals surface area contributed by atoms with Crippen molar-refractivity contribution in [3.8, 4) is 12.3 Å². The fourth-order valence-corrected chi connectivity index (χ4v) is 7.75. The number of unbranched alkanes of at least 4 members (excludes halogenated alkanes) is 1. The van der Waals surface area contributed by atoms with Crippen LogP contribution < -0.4 is 5.32 Å². The van der Waals surface area contributed by atoms with Crippen LogP contribution in [0.1, 0.15) is 84.5 Å². The van der Waals surface area contributed by atoms with Gasteiger partial charge >= 0.3 is 5.97 Å². The zero-order chi connectivity index (χ0) is 25.3. The van der Waals surface area contributed by atoms with Crippen molar-refractivity contribution in [3.63, 3.8) is 0 Å². The molecule has 0 heterocycles. The number of nitrogens with one attached hydrogen (secondary N) is 1. The maximum atomic E-state index is 11.9. The molecular weight excluding hydrogens is 444 g/mol. The average Bonchev–Trinajstić information content (AvgIpc) is 3.10. The quantitative estimate of drug-likeness (QED) is 0.274. The van der Waals surface area contributed by atoms with Gasteiger partial charge in [0.15, 0.2) is 6.61 Å². The predicted octanol–water partition coefficient (Wildman–Crippen LogP) is 4.06. The molecule has 35 heavy (non-hydrogen) atoms. The Morgan fingerprint density at radius 1 is 1.17 bits per heavy atom. The van der Waals surface area contributed by atoms with Crippen LogP contribution in [0.2, 0.25) is 0 Å². The normalized spacial score (nSPS) is 39.0. The van der Waals surface area contributed by atoms with E-state index in [2.05, 4.69) is 36.3 Å². The number of aliphatic carboxylic acids is 1. The molecule has 0 aromatic rings. The van der Waals surface area contributed by atoms with E-state index in [1.807, 2.05) is 0 Å². The molecule has 0 aliphatic heterocycles. The minimum Gasteiger partial charge on any atom is -0.481 e. The van der Waals surface area contributed by atoms with Gasteiger partial charge in [-0.05, 0) is 93.5 Å². The van der Waals surface area contributed by atoms with E-state index in [-0.39, 0.29) is 29.8 Å². The van der Waals surface area contributed by atoms with E-state index >= 15 is 0 Å². The lowest BCUT2D eigenvalue weighted by atomic mass is 9.46. The van der Waals surface area contributed by atoms with Gasteiger partial charge in [0, 0.05) is 18.4 Å². The van der Waals surface area contributed by atoms with Crippen LogP contribution in [0.3, 0.4) is 0 Å². The summed E-state index contributed by atoms with van der Waals surface area (Å²) in [5, 5.41) is 26.8. The molecule has 0 aromatic heterocycles. The summed E-state index contributed by atoms with van der Waals surface area (Å²) in [5.41, 5.74) is 1.35. The van der Waals surface area contributed by atoms with E-state index in [4.69, 9.17) is 16.4 Å². The number of aliphatic hydroxyl groups is 1. The molecule has 4 aliphatic rings. The fourth-order valence-electron chi connectivity index (χ4n) is 7.75. The summed E-state index contributed by atoms with van der Waals surface area (Å²) < 4.78 is 0. The van der Waals surface area contributed by atoms with Gasteiger partial charge in [0.25, 0.3) is 5.91 Å². The molecule has 3 saturated carbocycles. The van der Waals surface area contributed by atoms with Crippen LogP contribution >= 0.6 is 0 Å². The molecule has 0 bridgehead atoms. The van der Waals surface area contributed by atoms with Crippen LogP contribution in [0.15, 0.2) is 16.8 Å². The third-order valence-corrected chi connectivity index (χ3v) is 9.88. The number of carbonyl (C=O) groups is 2. The minimum atomic E-state index is -0.964. The van der Waals surface area contributed by atoms with Gasteiger partial charge in [-0.15, -0.1) is 6.42 Å². The maximum absolute atomic E-state index is 11.9. The number of hydrogen-bond donors (Lipinski definition) is 3. The van der Waals surface area contributed by atoms with Crippen molar-refractivity contribution in [2.45, 2.75) is 90.1 Å². The molecule has 6 atom stereocenters. The molecule has 7 heteroatoms. The zero-order valence-electron chi connectivity index (χ0n) is 21.1. The third-order valence-electron chi connectivity index (χ3n) is 9.88. The van der Waals surface area contributed by atoms with E-state index in [0.29, 0.717) is 37.1 Å². The van der Waals surface area contributed by atoms with Crippen molar-refractivity contribution in [3.05, 3.63) is 11.6 Å². The maximum Gasteiger partial charge on any atom is 0.303 e. The lowest BCUT2D eigenvalue weighted by molar-refractivity contribution is -0.137. The van der Waals surface area contributed by atoms with Crippen LogP contribution in [0.25, 0.3) is 0 Å².